The van der Waals surface area contributed by atoms with Gasteiger partial charge in [0.15, 0.2) is 0 Å². The third kappa shape index (κ3) is 6.75. The summed E-state index contributed by atoms with van der Waals surface area (Å²) in [6.07, 6.45) is 9.88. The molecule has 0 unspecified atom stereocenters. The first-order valence-corrected chi connectivity index (χ1v) is 8.50. The van der Waals surface area contributed by atoms with Gasteiger partial charge in [0.1, 0.15) is 11.5 Å². The maximum absolute atomic E-state index is 11.8. The summed E-state index contributed by atoms with van der Waals surface area (Å²) in [5, 5.41) is 5.92. The average Bonchev–Trinajstić information content (AvgIpc) is 2.47. The molecule has 0 aromatic carbocycles. The monoisotopic (exact) mass is 296 g/mol. The van der Waals surface area contributed by atoms with E-state index in [2.05, 4.69) is 26.9 Å². The van der Waals surface area contributed by atoms with Crippen LogP contribution in [0.5, 0.6) is 0 Å². The van der Waals surface area contributed by atoms with Crippen LogP contribution >= 0.6 is 11.8 Å². The third-order valence-electron chi connectivity index (χ3n) is 2.80. The smallest absolute Gasteiger partial charge is 0.271 e. The lowest BCUT2D eigenvalue weighted by molar-refractivity contribution is 0.0947. The lowest BCUT2D eigenvalue weighted by Gasteiger charge is -2.05. The molecule has 5 nitrogen and oxygen atoms in total. The number of aromatic nitrogens is 2. The highest BCUT2D eigenvalue weighted by molar-refractivity contribution is 7.98. The summed E-state index contributed by atoms with van der Waals surface area (Å²) < 4.78 is 0. The number of thioether (sulfide) groups is 1. The number of carbonyl (C=O) groups excluding carboxylic acids is 1. The van der Waals surface area contributed by atoms with Crippen molar-refractivity contribution in [3.8, 4) is 0 Å². The summed E-state index contributed by atoms with van der Waals surface area (Å²) in [6.45, 7) is 3.48. The second-order valence-electron chi connectivity index (χ2n) is 4.48. The molecule has 0 spiro atoms. The molecule has 1 rings (SSSR count). The number of nitrogens with zero attached hydrogens (tertiary/aromatic N) is 2. The van der Waals surface area contributed by atoms with Crippen molar-refractivity contribution in [2.24, 2.45) is 0 Å². The molecule has 20 heavy (non-hydrogen) atoms. The van der Waals surface area contributed by atoms with Gasteiger partial charge in [-0.1, -0.05) is 12.8 Å². The van der Waals surface area contributed by atoms with E-state index in [1.54, 1.807) is 6.20 Å². The minimum Gasteiger partial charge on any atom is -0.369 e. The maximum atomic E-state index is 11.8. The Bertz CT molecular complexity index is 383. The molecule has 1 aromatic rings. The number of anilines is 1. The number of hydrogen-bond acceptors (Lipinski definition) is 5. The number of hydrogen-bond donors (Lipinski definition) is 2. The Morgan fingerprint density at radius 2 is 2.00 bits per heavy atom. The zero-order chi connectivity index (χ0) is 14.6. The van der Waals surface area contributed by atoms with Gasteiger partial charge in [0.25, 0.3) is 5.91 Å². The Kier molecular flexibility index (Phi) is 8.78. The summed E-state index contributed by atoms with van der Waals surface area (Å²) in [7, 11) is 0. The molecule has 0 saturated carbocycles. The Balaban J connectivity index is 2.18. The van der Waals surface area contributed by atoms with E-state index in [4.69, 9.17) is 0 Å². The van der Waals surface area contributed by atoms with Crippen LogP contribution in [0.1, 0.15) is 43.1 Å². The van der Waals surface area contributed by atoms with Gasteiger partial charge in [-0.25, -0.2) is 9.97 Å². The predicted octanol–water partition coefficient (Wildman–Crippen LogP) is 2.56. The first-order chi connectivity index (χ1) is 9.77. The second-order valence-corrected chi connectivity index (χ2v) is 5.47. The lowest BCUT2D eigenvalue weighted by Crippen LogP contribution is -2.25. The third-order valence-corrected chi connectivity index (χ3v) is 3.50. The van der Waals surface area contributed by atoms with Gasteiger partial charge in [-0.15, -0.1) is 0 Å². The van der Waals surface area contributed by atoms with Crippen molar-refractivity contribution in [1.29, 1.82) is 0 Å². The molecule has 1 amide bonds. The van der Waals surface area contributed by atoms with Crippen molar-refractivity contribution in [1.82, 2.24) is 15.3 Å². The van der Waals surface area contributed by atoms with E-state index in [0.29, 0.717) is 18.1 Å². The van der Waals surface area contributed by atoms with Gasteiger partial charge >= 0.3 is 0 Å². The topological polar surface area (TPSA) is 66.9 Å². The highest BCUT2D eigenvalue weighted by atomic mass is 32.2. The van der Waals surface area contributed by atoms with Gasteiger partial charge < -0.3 is 10.6 Å². The molecule has 1 heterocycles. The normalized spacial score (nSPS) is 10.3. The SMILES string of the molecule is CCNc1cnc(C(=O)NCCCCCCSC)cn1. The van der Waals surface area contributed by atoms with Crippen molar-refractivity contribution in [2.45, 2.75) is 32.6 Å². The first-order valence-electron chi connectivity index (χ1n) is 7.11. The Morgan fingerprint density at radius 3 is 2.65 bits per heavy atom. The fourth-order valence-corrected chi connectivity index (χ4v) is 2.23. The van der Waals surface area contributed by atoms with Gasteiger partial charge in [-0.05, 0) is 31.8 Å². The molecule has 0 saturated heterocycles. The zero-order valence-corrected chi connectivity index (χ0v) is 13.1. The van der Waals surface area contributed by atoms with Gasteiger partial charge in [-0.3, -0.25) is 4.79 Å². The van der Waals surface area contributed by atoms with E-state index in [1.807, 2.05) is 18.7 Å². The molecule has 112 valence electrons. The number of carbonyl (C=O) groups is 1. The Morgan fingerprint density at radius 1 is 1.20 bits per heavy atom. The number of nitrogens with one attached hydrogen (secondary N) is 2. The van der Waals surface area contributed by atoms with Crippen LogP contribution in [0.2, 0.25) is 0 Å². The van der Waals surface area contributed by atoms with Crippen LogP contribution in [0, 0.1) is 0 Å². The highest BCUT2D eigenvalue weighted by Gasteiger charge is 2.06. The van der Waals surface area contributed by atoms with E-state index in [1.165, 1.54) is 24.8 Å². The summed E-state index contributed by atoms with van der Waals surface area (Å²) in [4.78, 5) is 20.0. The van der Waals surface area contributed by atoms with Crippen LogP contribution in [0.4, 0.5) is 5.82 Å². The molecular weight excluding hydrogens is 272 g/mol. The van der Waals surface area contributed by atoms with Gasteiger partial charge in [0.05, 0.1) is 12.4 Å². The fourth-order valence-electron chi connectivity index (χ4n) is 1.74. The first kappa shape index (κ1) is 16.8. The van der Waals surface area contributed by atoms with Crippen molar-refractivity contribution < 1.29 is 4.79 Å². The molecule has 0 fully saturated rings. The van der Waals surface area contributed by atoms with E-state index >= 15 is 0 Å². The number of amides is 1. The highest BCUT2D eigenvalue weighted by Crippen LogP contribution is 2.04. The molecule has 0 aliphatic carbocycles. The molecule has 0 radical (unpaired) electrons. The minimum atomic E-state index is -0.148. The summed E-state index contributed by atoms with van der Waals surface area (Å²) >= 11 is 1.88. The molecule has 0 aliphatic rings. The van der Waals surface area contributed by atoms with Crippen molar-refractivity contribution in [2.75, 3.05) is 30.4 Å². The van der Waals surface area contributed by atoms with E-state index in [9.17, 15) is 4.79 Å². The molecule has 2 N–H and O–H groups in total. The molecule has 1 aromatic heterocycles. The molecule has 6 heteroatoms. The van der Waals surface area contributed by atoms with E-state index in [0.717, 1.165) is 19.4 Å². The quantitative estimate of drug-likeness (QED) is 0.650. The minimum absolute atomic E-state index is 0.148. The molecular formula is C14H24N4OS. The largest absolute Gasteiger partial charge is 0.369 e. The van der Waals surface area contributed by atoms with Crippen LogP contribution in [0.15, 0.2) is 12.4 Å². The van der Waals surface area contributed by atoms with E-state index < -0.39 is 0 Å². The molecule has 0 aliphatic heterocycles. The standard InChI is InChI=1S/C14H24N4OS/c1-3-15-13-11-17-12(10-18-13)14(19)16-8-6-4-5-7-9-20-2/h10-11H,3-9H2,1-2H3,(H,15,18)(H,16,19). The number of rotatable bonds is 10. The van der Waals surface area contributed by atoms with Crippen molar-refractivity contribution in [3.05, 3.63) is 18.1 Å². The van der Waals surface area contributed by atoms with Crippen LogP contribution in [0.3, 0.4) is 0 Å². The summed E-state index contributed by atoms with van der Waals surface area (Å²) in [5.41, 5.74) is 0.369. The van der Waals surface area contributed by atoms with Crippen molar-refractivity contribution in [3.63, 3.8) is 0 Å². The lowest BCUT2D eigenvalue weighted by atomic mass is 10.2. The van der Waals surface area contributed by atoms with Crippen LogP contribution in [0.25, 0.3) is 0 Å². The second kappa shape index (κ2) is 10.5. The van der Waals surface area contributed by atoms with E-state index in [-0.39, 0.29) is 5.91 Å². The van der Waals surface area contributed by atoms with Gasteiger partial charge in [-0.2, -0.15) is 11.8 Å². The van der Waals surface area contributed by atoms with Crippen LogP contribution in [-0.2, 0) is 0 Å². The average molecular weight is 296 g/mol. The summed E-state index contributed by atoms with van der Waals surface area (Å²) in [6, 6.07) is 0. The predicted molar refractivity (Wildman–Crippen MR) is 85.4 cm³/mol. The Labute approximate surface area is 125 Å². The maximum Gasteiger partial charge on any atom is 0.271 e. The fraction of sp³-hybridized carbons (Fsp3) is 0.643. The molecule has 0 bridgehead atoms. The Hall–Kier alpha value is -1.30. The summed E-state index contributed by atoms with van der Waals surface area (Å²) in [5.74, 6) is 1.77. The van der Waals surface area contributed by atoms with Crippen LogP contribution in [-0.4, -0.2) is 41.0 Å². The van der Waals surface area contributed by atoms with Crippen LogP contribution < -0.4 is 10.6 Å². The zero-order valence-electron chi connectivity index (χ0n) is 12.3. The molecule has 0 atom stereocenters. The van der Waals surface area contributed by atoms with Gasteiger partial charge in [0.2, 0.25) is 0 Å². The number of unbranched alkanes of at least 4 members (excludes halogenated alkanes) is 3. The van der Waals surface area contributed by atoms with Gasteiger partial charge in [0, 0.05) is 13.1 Å². The van der Waals surface area contributed by atoms with Crippen molar-refractivity contribution >= 4 is 23.5 Å².